The number of hydrogen-bond donors (Lipinski definition) is 0. The second kappa shape index (κ2) is 9.95. The average molecular weight is 402 g/mol. The lowest BCUT2D eigenvalue weighted by atomic mass is 9.71. The molecular weight excluding hydrogens is 374 g/mol. The Bertz CT molecular complexity index is 791. The molecule has 2 unspecified atom stereocenters. The van der Waals surface area contributed by atoms with Crippen LogP contribution in [0.5, 0.6) is 0 Å². The lowest BCUT2D eigenvalue weighted by Gasteiger charge is -2.33. The number of carbonyl (C=O) groups is 2. The zero-order chi connectivity index (χ0) is 20.8. The van der Waals surface area contributed by atoms with Gasteiger partial charge in [0, 0.05) is 12.0 Å². The van der Waals surface area contributed by atoms with E-state index in [0.29, 0.717) is 11.8 Å². The van der Waals surface area contributed by atoms with Crippen LogP contribution < -0.4 is 0 Å². The molecule has 0 heterocycles. The summed E-state index contributed by atoms with van der Waals surface area (Å²) in [4.78, 5) is 25.6. The summed E-state index contributed by atoms with van der Waals surface area (Å²) in [7, 11) is 0. The quantitative estimate of drug-likeness (QED) is 0.465. The SMILES string of the molecule is CCOC(=O)C(Cc1ccc(F)cc1F)C(=O)C1CCC(C2C=CC=CC2)CC1. The molecule has 0 aromatic heterocycles. The Morgan fingerprint density at radius 2 is 1.90 bits per heavy atom. The van der Waals surface area contributed by atoms with E-state index in [1.54, 1.807) is 6.92 Å². The Kier molecular flexibility index (Phi) is 7.34. The molecule has 1 aromatic rings. The van der Waals surface area contributed by atoms with Crippen LogP contribution in [0, 0.1) is 35.3 Å². The average Bonchev–Trinajstić information content (AvgIpc) is 2.73. The van der Waals surface area contributed by atoms with E-state index in [4.69, 9.17) is 4.74 Å². The zero-order valence-electron chi connectivity index (χ0n) is 16.8. The van der Waals surface area contributed by atoms with Crippen LogP contribution in [0.15, 0.2) is 42.5 Å². The van der Waals surface area contributed by atoms with Crippen molar-refractivity contribution < 1.29 is 23.1 Å². The molecule has 2 aliphatic carbocycles. The highest BCUT2D eigenvalue weighted by Crippen LogP contribution is 2.38. The molecule has 0 bridgehead atoms. The van der Waals surface area contributed by atoms with Gasteiger partial charge in [-0.3, -0.25) is 9.59 Å². The summed E-state index contributed by atoms with van der Waals surface area (Å²) < 4.78 is 32.4. The van der Waals surface area contributed by atoms with E-state index in [-0.39, 0.29) is 30.3 Å². The summed E-state index contributed by atoms with van der Waals surface area (Å²) in [6, 6.07) is 3.21. The van der Waals surface area contributed by atoms with Gasteiger partial charge in [0.15, 0.2) is 5.78 Å². The first-order chi connectivity index (χ1) is 14.0. The van der Waals surface area contributed by atoms with Crippen molar-refractivity contribution in [2.75, 3.05) is 6.61 Å². The normalized spacial score (nSPS) is 24.9. The highest BCUT2D eigenvalue weighted by atomic mass is 19.1. The van der Waals surface area contributed by atoms with Gasteiger partial charge in [-0.25, -0.2) is 8.78 Å². The van der Waals surface area contributed by atoms with Gasteiger partial charge in [0.05, 0.1) is 6.61 Å². The third kappa shape index (κ3) is 5.40. The fourth-order valence-electron chi connectivity index (χ4n) is 4.52. The summed E-state index contributed by atoms with van der Waals surface area (Å²) in [5.74, 6) is -2.42. The minimum absolute atomic E-state index is 0.0974. The van der Waals surface area contributed by atoms with Gasteiger partial charge in [-0.2, -0.15) is 0 Å². The van der Waals surface area contributed by atoms with Crippen molar-refractivity contribution in [1.82, 2.24) is 0 Å². The summed E-state index contributed by atoms with van der Waals surface area (Å²) in [5.41, 5.74) is 0.158. The van der Waals surface area contributed by atoms with Crippen LogP contribution in [0.4, 0.5) is 8.78 Å². The lowest BCUT2D eigenvalue weighted by molar-refractivity contribution is -0.153. The Hall–Kier alpha value is -2.30. The van der Waals surface area contributed by atoms with Crippen molar-refractivity contribution in [2.45, 2.75) is 45.4 Å². The molecular formula is C24H28F2O3. The molecule has 0 N–H and O–H groups in total. The van der Waals surface area contributed by atoms with Crippen molar-refractivity contribution in [3.63, 3.8) is 0 Å². The van der Waals surface area contributed by atoms with Crippen LogP contribution in [0.3, 0.4) is 0 Å². The smallest absolute Gasteiger partial charge is 0.316 e. The molecule has 0 saturated heterocycles. The molecule has 3 rings (SSSR count). The molecule has 2 atom stereocenters. The number of esters is 1. The standard InChI is InChI=1S/C24H28F2O3/c1-2-29-24(28)21(14-19-12-13-20(25)15-22(19)26)23(27)18-10-8-17(9-11-18)16-6-4-3-5-7-16/h3-6,12-13,15-18,21H,2,7-11,14H2,1H3. The van der Waals surface area contributed by atoms with Crippen LogP contribution in [0.1, 0.15) is 44.6 Å². The predicted octanol–water partition coefficient (Wildman–Crippen LogP) is 5.19. The highest BCUT2D eigenvalue weighted by molar-refractivity contribution is 6.00. The minimum atomic E-state index is -1.05. The first kappa shape index (κ1) is 21.4. The second-order valence-corrected chi connectivity index (χ2v) is 7.97. The number of ketones is 1. The number of halogens is 2. The van der Waals surface area contributed by atoms with Crippen LogP contribution >= 0.6 is 0 Å². The molecule has 0 aliphatic heterocycles. The van der Waals surface area contributed by atoms with Crippen molar-refractivity contribution in [2.24, 2.45) is 23.7 Å². The van der Waals surface area contributed by atoms with Crippen LogP contribution in [-0.2, 0) is 20.7 Å². The number of allylic oxidation sites excluding steroid dienone is 4. The third-order valence-corrected chi connectivity index (χ3v) is 6.15. The number of ether oxygens (including phenoxy) is 1. The largest absolute Gasteiger partial charge is 0.465 e. The molecule has 1 saturated carbocycles. The topological polar surface area (TPSA) is 43.4 Å². The zero-order valence-corrected chi connectivity index (χ0v) is 16.8. The van der Waals surface area contributed by atoms with Gasteiger partial charge in [-0.05, 0) is 68.9 Å². The van der Waals surface area contributed by atoms with E-state index in [1.807, 2.05) is 0 Å². The Balaban J connectivity index is 1.67. The fourth-order valence-corrected chi connectivity index (χ4v) is 4.52. The van der Waals surface area contributed by atoms with E-state index in [9.17, 15) is 18.4 Å². The maximum absolute atomic E-state index is 14.1. The van der Waals surface area contributed by atoms with Gasteiger partial charge >= 0.3 is 5.97 Å². The minimum Gasteiger partial charge on any atom is -0.465 e. The summed E-state index contributed by atoms with van der Waals surface area (Å²) in [6.45, 7) is 1.83. The molecule has 5 heteroatoms. The van der Waals surface area contributed by atoms with Crippen molar-refractivity contribution in [1.29, 1.82) is 0 Å². The van der Waals surface area contributed by atoms with E-state index < -0.39 is 23.5 Å². The van der Waals surface area contributed by atoms with Crippen molar-refractivity contribution in [3.05, 3.63) is 59.7 Å². The molecule has 156 valence electrons. The second-order valence-electron chi connectivity index (χ2n) is 7.97. The first-order valence-electron chi connectivity index (χ1n) is 10.5. The Labute approximate surface area is 170 Å². The number of hydrogen-bond acceptors (Lipinski definition) is 3. The van der Waals surface area contributed by atoms with Crippen molar-refractivity contribution >= 4 is 11.8 Å². The van der Waals surface area contributed by atoms with E-state index >= 15 is 0 Å². The first-order valence-corrected chi connectivity index (χ1v) is 10.5. The third-order valence-electron chi connectivity index (χ3n) is 6.15. The number of rotatable bonds is 7. The molecule has 3 nitrogen and oxygen atoms in total. The lowest BCUT2D eigenvalue weighted by Crippen LogP contribution is -2.35. The van der Waals surface area contributed by atoms with Crippen LogP contribution in [0.25, 0.3) is 0 Å². The number of Topliss-reactive ketones (excluding diaryl/α,β-unsaturated/α-hetero) is 1. The molecule has 0 amide bonds. The summed E-state index contributed by atoms with van der Waals surface area (Å²) in [6.07, 6.45) is 12.9. The highest BCUT2D eigenvalue weighted by Gasteiger charge is 2.37. The van der Waals surface area contributed by atoms with Gasteiger partial charge < -0.3 is 4.74 Å². The van der Waals surface area contributed by atoms with Gasteiger partial charge in [0.2, 0.25) is 0 Å². The van der Waals surface area contributed by atoms with Crippen LogP contribution in [-0.4, -0.2) is 18.4 Å². The van der Waals surface area contributed by atoms with Gasteiger partial charge in [-0.1, -0.05) is 30.4 Å². The fraction of sp³-hybridized carbons (Fsp3) is 0.500. The summed E-state index contributed by atoms with van der Waals surface area (Å²) >= 11 is 0. The molecule has 1 aromatic carbocycles. The van der Waals surface area contributed by atoms with E-state index in [0.717, 1.165) is 44.2 Å². The van der Waals surface area contributed by atoms with Gasteiger partial charge in [0.25, 0.3) is 0 Å². The van der Waals surface area contributed by atoms with E-state index in [2.05, 4.69) is 24.3 Å². The van der Waals surface area contributed by atoms with E-state index in [1.165, 1.54) is 6.07 Å². The molecule has 0 radical (unpaired) electrons. The maximum Gasteiger partial charge on any atom is 0.316 e. The molecule has 2 aliphatic rings. The molecule has 1 fully saturated rings. The monoisotopic (exact) mass is 402 g/mol. The maximum atomic E-state index is 14.1. The molecule has 29 heavy (non-hydrogen) atoms. The van der Waals surface area contributed by atoms with Crippen molar-refractivity contribution in [3.8, 4) is 0 Å². The predicted molar refractivity (Wildman–Crippen MR) is 107 cm³/mol. The summed E-state index contributed by atoms with van der Waals surface area (Å²) in [5, 5.41) is 0. The molecule has 0 spiro atoms. The van der Waals surface area contributed by atoms with Crippen LogP contribution in [0.2, 0.25) is 0 Å². The Morgan fingerprint density at radius 1 is 1.14 bits per heavy atom. The Morgan fingerprint density at radius 3 is 2.52 bits per heavy atom. The van der Waals surface area contributed by atoms with Gasteiger partial charge in [0.1, 0.15) is 17.6 Å². The van der Waals surface area contributed by atoms with Gasteiger partial charge in [-0.15, -0.1) is 0 Å². The number of carbonyl (C=O) groups excluding carboxylic acids is 2. The number of benzene rings is 1.